The van der Waals surface area contributed by atoms with E-state index in [4.69, 9.17) is 0 Å². The van der Waals surface area contributed by atoms with E-state index in [-0.39, 0.29) is 11.3 Å². The number of benzene rings is 1. The van der Waals surface area contributed by atoms with Crippen molar-refractivity contribution in [1.29, 1.82) is 0 Å². The summed E-state index contributed by atoms with van der Waals surface area (Å²) in [5.74, 6) is -0.0711. The Hall–Kier alpha value is -2.28. The van der Waals surface area contributed by atoms with Crippen molar-refractivity contribution < 1.29 is 9.72 Å². The third-order valence-corrected chi connectivity index (χ3v) is 2.76. The largest absolute Gasteiger partial charge is 0.307 e. The molecule has 2 rings (SSSR count). The number of carbonyl (C=O) groups is 1. The number of nitrogens with one attached hydrogen (secondary N) is 1. The van der Waals surface area contributed by atoms with Crippen LogP contribution in [0.3, 0.4) is 0 Å². The lowest BCUT2D eigenvalue weighted by Crippen LogP contribution is -2.12. The van der Waals surface area contributed by atoms with Crippen molar-refractivity contribution >= 4 is 33.3 Å². The first-order valence-corrected chi connectivity index (χ1v) is 6.03. The van der Waals surface area contributed by atoms with E-state index in [1.807, 2.05) is 0 Å². The summed E-state index contributed by atoms with van der Waals surface area (Å²) in [6.07, 6.45) is 1.54. The first-order chi connectivity index (χ1) is 9.06. The molecule has 96 valence electrons. The molecule has 0 aliphatic carbocycles. The highest BCUT2D eigenvalue weighted by molar-refractivity contribution is 9.10. The van der Waals surface area contributed by atoms with Gasteiger partial charge in [0.25, 0.3) is 11.6 Å². The van der Waals surface area contributed by atoms with Gasteiger partial charge >= 0.3 is 0 Å². The van der Waals surface area contributed by atoms with E-state index < -0.39 is 10.8 Å². The topological polar surface area (TPSA) is 85.1 Å². The maximum Gasteiger partial charge on any atom is 0.270 e. The highest BCUT2D eigenvalue weighted by atomic mass is 79.9. The summed E-state index contributed by atoms with van der Waals surface area (Å²) in [6.45, 7) is 0. The Labute approximate surface area is 116 Å². The molecule has 7 heteroatoms. The fraction of sp³-hybridized carbons (Fsp3) is 0. The molecule has 1 amide bonds. The number of rotatable bonds is 3. The Balaban J connectivity index is 2.18. The summed E-state index contributed by atoms with van der Waals surface area (Å²) in [5, 5.41) is 13.2. The third-order valence-electron chi connectivity index (χ3n) is 2.29. The average Bonchev–Trinajstić information content (AvgIpc) is 2.41. The van der Waals surface area contributed by atoms with E-state index in [1.54, 1.807) is 18.3 Å². The number of hydrogen-bond acceptors (Lipinski definition) is 4. The molecular weight excluding hydrogens is 314 g/mol. The van der Waals surface area contributed by atoms with Crippen molar-refractivity contribution in [2.45, 2.75) is 0 Å². The second-order valence-electron chi connectivity index (χ2n) is 3.62. The summed E-state index contributed by atoms with van der Waals surface area (Å²) in [6, 6.07) is 8.86. The zero-order chi connectivity index (χ0) is 13.8. The number of anilines is 1. The zero-order valence-electron chi connectivity index (χ0n) is 9.54. The van der Waals surface area contributed by atoms with Crippen LogP contribution in [0.15, 0.2) is 47.1 Å². The standard InChI is InChI=1S/C12H8BrN3O3/c13-9-4-5-11(14-7-9)15-12(17)8-2-1-3-10(6-8)16(18)19/h1-7H,(H,14,15,17). The number of hydrogen-bond donors (Lipinski definition) is 1. The van der Waals surface area contributed by atoms with Crippen LogP contribution in [0.5, 0.6) is 0 Å². The molecule has 6 nitrogen and oxygen atoms in total. The van der Waals surface area contributed by atoms with Crippen LogP contribution in [0.1, 0.15) is 10.4 Å². The maximum atomic E-state index is 11.9. The molecule has 0 saturated heterocycles. The molecule has 0 aliphatic heterocycles. The number of halogens is 1. The zero-order valence-corrected chi connectivity index (χ0v) is 11.1. The van der Waals surface area contributed by atoms with E-state index in [1.165, 1.54) is 24.3 Å². The number of amides is 1. The average molecular weight is 322 g/mol. The second kappa shape index (κ2) is 5.57. The normalized spacial score (nSPS) is 9.95. The predicted molar refractivity (Wildman–Crippen MR) is 73.0 cm³/mol. The van der Waals surface area contributed by atoms with Gasteiger partial charge in [0.15, 0.2) is 0 Å². The van der Waals surface area contributed by atoms with Crippen LogP contribution in [0, 0.1) is 10.1 Å². The van der Waals surface area contributed by atoms with Crippen molar-refractivity contribution in [1.82, 2.24) is 4.98 Å². The lowest BCUT2D eigenvalue weighted by atomic mass is 10.2. The Bertz CT molecular complexity index is 628. The fourth-order valence-corrected chi connectivity index (χ4v) is 1.63. The molecule has 0 aliphatic rings. The molecule has 1 N–H and O–H groups in total. The molecule has 1 aromatic heterocycles. The number of non-ortho nitro benzene ring substituents is 1. The first kappa shape index (κ1) is 13.2. The number of carbonyl (C=O) groups excluding carboxylic acids is 1. The number of nitro benzene ring substituents is 1. The van der Waals surface area contributed by atoms with Crippen molar-refractivity contribution in [2.75, 3.05) is 5.32 Å². The smallest absolute Gasteiger partial charge is 0.270 e. The van der Waals surface area contributed by atoms with Crippen LogP contribution in [-0.4, -0.2) is 15.8 Å². The molecule has 0 fully saturated rings. The summed E-state index contributed by atoms with van der Waals surface area (Å²) < 4.78 is 0.792. The van der Waals surface area contributed by atoms with Gasteiger partial charge in [0.1, 0.15) is 5.82 Å². The van der Waals surface area contributed by atoms with Crippen molar-refractivity contribution in [3.05, 3.63) is 62.7 Å². The lowest BCUT2D eigenvalue weighted by molar-refractivity contribution is -0.384. The number of aromatic nitrogens is 1. The Morgan fingerprint density at radius 1 is 1.32 bits per heavy atom. The van der Waals surface area contributed by atoms with Crippen molar-refractivity contribution in [2.24, 2.45) is 0 Å². The van der Waals surface area contributed by atoms with Gasteiger partial charge in [0.05, 0.1) is 4.92 Å². The van der Waals surface area contributed by atoms with Crippen LogP contribution in [0.25, 0.3) is 0 Å². The molecule has 0 unspecified atom stereocenters. The predicted octanol–water partition coefficient (Wildman–Crippen LogP) is 3.00. The van der Waals surface area contributed by atoms with Gasteiger partial charge in [-0.1, -0.05) is 6.07 Å². The van der Waals surface area contributed by atoms with E-state index in [2.05, 4.69) is 26.2 Å². The minimum absolute atomic E-state index is 0.128. The van der Waals surface area contributed by atoms with E-state index in [9.17, 15) is 14.9 Å². The molecule has 19 heavy (non-hydrogen) atoms. The van der Waals surface area contributed by atoms with Gasteiger partial charge in [-0.2, -0.15) is 0 Å². The van der Waals surface area contributed by atoms with Gasteiger partial charge in [-0.15, -0.1) is 0 Å². The van der Waals surface area contributed by atoms with E-state index in [0.29, 0.717) is 5.82 Å². The fourth-order valence-electron chi connectivity index (χ4n) is 1.40. The Morgan fingerprint density at radius 3 is 2.74 bits per heavy atom. The minimum atomic E-state index is -0.547. The molecule has 1 aromatic carbocycles. The molecule has 1 heterocycles. The monoisotopic (exact) mass is 321 g/mol. The number of nitro groups is 1. The summed E-state index contributed by atoms with van der Waals surface area (Å²) >= 11 is 3.23. The summed E-state index contributed by atoms with van der Waals surface area (Å²) in [4.78, 5) is 26.0. The quantitative estimate of drug-likeness (QED) is 0.695. The molecule has 0 atom stereocenters. The third kappa shape index (κ3) is 3.35. The van der Waals surface area contributed by atoms with Gasteiger partial charge < -0.3 is 5.32 Å². The van der Waals surface area contributed by atoms with Crippen LogP contribution < -0.4 is 5.32 Å². The minimum Gasteiger partial charge on any atom is -0.307 e. The van der Waals surface area contributed by atoms with Gasteiger partial charge in [-0.3, -0.25) is 14.9 Å². The van der Waals surface area contributed by atoms with Crippen LogP contribution in [0.2, 0.25) is 0 Å². The SMILES string of the molecule is O=C(Nc1ccc(Br)cn1)c1cccc([N+](=O)[O-])c1. The van der Waals surface area contributed by atoms with Gasteiger partial charge in [-0.25, -0.2) is 4.98 Å². The maximum absolute atomic E-state index is 11.9. The van der Waals surface area contributed by atoms with Crippen molar-refractivity contribution in [3.8, 4) is 0 Å². The molecule has 0 saturated carbocycles. The summed E-state index contributed by atoms with van der Waals surface area (Å²) in [7, 11) is 0. The Morgan fingerprint density at radius 2 is 2.11 bits per heavy atom. The van der Waals surface area contributed by atoms with Gasteiger partial charge in [-0.05, 0) is 34.1 Å². The molecule has 0 spiro atoms. The number of pyridine rings is 1. The lowest BCUT2D eigenvalue weighted by Gasteiger charge is -2.04. The molecule has 0 bridgehead atoms. The highest BCUT2D eigenvalue weighted by Crippen LogP contribution is 2.15. The van der Waals surface area contributed by atoms with E-state index in [0.717, 1.165) is 4.47 Å². The molecular formula is C12H8BrN3O3. The number of nitrogens with zero attached hydrogens (tertiary/aromatic N) is 2. The van der Waals surface area contributed by atoms with Gasteiger partial charge in [0, 0.05) is 28.4 Å². The van der Waals surface area contributed by atoms with E-state index >= 15 is 0 Å². The molecule has 2 aromatic rings. The summed E-state index contributed by atoms with van der Waals surface area (Å²) in [5.41, 5.74) is 0.0790. The van der Waals surface area contributed by atoms with Crippen molar-refractivity contribution in [3.63, 3.8) is 0 Å². The first-order valence-electron chi connectivity index (χ1n) is 5.23. The second-order valence-corrected chi connectivity index (χ2v) is 4.54. The Kier molecular flexibility index (Phi) is 3.86. The van der Waals surface area contributed by atoms with Gasteiger partial charge in [0.2, 0.25) is 0 Å². The highest BCUT2D eigenvalue weighted by Gasteiger charge is 2.11. The van der Waals surface area contributed by atoms with Crippen LogP contribution in [-0.2, 0) is 0 Å². The molecule has 0 radical (unpaired) electrons. The van der Waals surface area contributed by atoms with Crippen LogP contribution >= 0.6 is 15.9 Å². The van der Waals surface area contributed by atoms with Crippen LogP contribution in [0.4, 0.5) is 11.5 Å².